The summed E-state index contributed by atoms with van der Waals surface area (Å²) in [5, 5.41) is 10.5. The van der Waals surface area contributed by atoms with E-state index in [9.17, 15) is 13.2 Å². The monoisotopic (exact) mass is 415 g/mol. The zero-order valence-corrected chi connectivity index (χ0v) is 15.9. The molecule has 2 heterocycles. The minimum Gasteiger partial charge on any atom is -0.355 e. The molecule has 0 spiro atoms. The molecule has 0 saturated carbocycles. The Bertz CT molecular complexity index is 840. The normalized spacial score (nSPS) is 14.8. The molecule has 0 amide bonds. The molecule has 1 aliphatic rings. The van der Waals surface area contributed by atoms with Crippen LogP contribution in [0.1, 0.15) is 11.1 Å². The fourth-order valence-electron chi connectivity index (χ4n) is 2.89. The second-order valence-corrected chi connectivity index (χ2v) is 7.40. The molecule has 0 atom stereocenters. The SMILES string of the molecule is CSCC1CN(c2nc(Cl)nc(Nc3cccc(C(F)(F)F)c3)c2C=N)C1. The maximum absolute atomic E-state index is 12.9. The van der Waals surface area contributed by atoms with Gasteiger partial charge < -0.3 is 15.6 Å². The topological polar surface area (TPSA) is 64.9 Å². The molecule has 1 saturated heterocycles. The largest absolute Gasteiger partial charge is 0.416 e. The summed E-state index contributed by atoms with van der Waals surface area (Å²) in [6, 6.07) is 4.78. The highest BCUT2D eigenvalue weighted by Gasteiger charge is 2.31. The number of rotatable bonds is 6. The van der Waals surface area contributed by atoms with E-state index in [1.807, 2.05) is 11.2 Å². The summed E-state index contributed by atoms with van der Waals surface area (Å²) >= 11 is 7.79. The molecule has 27 heavy (non-hydrogen) atoms. The van der Waals surface area contributed by atoms with E-state index in [0.717, 1.165) is 37.2 Å². The van der Waals surface area contributed by atoms with Gasteiger partial charge in [0.2, 0.25) is 5.28 Å². The highest BCUT2D eigenvalue weighted by molar-refractivity contribution is 7.98. The van der Waals surface area contributed by atoms with Crippen LogP contribution in [0.15, 0.2) is 24.3 Å². The first-order chi connectivity index (χ1) is 12.8. The lowest BCUT2D eigenvalue weighted by Gasteiger charge is -2.40. The number of anilines is 3. The van der Waals surface area contributed by atoms with Gasteiger partial charge in [-0.15, -0.1) is 0 Å². The van der Waals surface area contributed by atoms with Gasteiger partial charge in [-0.05, 0) is 41.8 Å². The molecule has 5 nitrogen and oxygen atoms in total. The summed E-state index contributed by atoms with van der Waals surface area (Å²) in [5.74, 6) is 2.28. The Morgan fingerprint density at radius 3 is 2.74 bits per heavy atom. The number of aromatic nitrogens is 2. The molecule has 3 rings (SSSR count). The van der Waals surface area contributed by atoms with E-state index in [4.69, 9.17) is 17.0 Å². The van der Waals surface area contributed by atoms with Gasteiger partial charge in [-0.25, -0.2) is 0 Å². The Balaban J connectivity index is 1.89. The van der Waals surface area contributed by atoms with Gasteiger partial charge in [-0.1, -0.05) is 6.07 Å². The van der Waals surface area contributed by atoms with Crippen LogP contribution >= 0.6 is 23.4 Å². The number of halogens is 4. The van der Waals surface area contributed by atoms with Crippen LogP contribution in [0.5, 0.6) is 0 Å². The van der Waals surface area contributed by atoms with E-state index in [0.29, 0.717) is 17.3 Å². The predicted octanol–water partition coefficient (Wildman–Crippen LogP) is 4.69. The lowest BCUT2D eigenvalue weighted by molar-refractivity contribution is -0.137. The smallest absolute Gasteiger partial charge is 0.355 e. The first-order valence-corrected chi connectivity index (χ1v) is 9.85. The average molecular weight is 416 g/mol. The van der Waals surface area contributed by atoms with Crippen molar-refractivity contribution in [1.82, 2.24) is 9.97 Å². The lowest BCUT2D eigenvalue weighted by atomic mass is 10.0. The van der Waals surface area contributed by atoms with E-state index in [1.165, 1.54) is 12.1 Å². The van der Waals surface area contributed by atoms with Gasteiger partial charge in [0.1, 0.15) is 11.6 Å². The fourth-order valence-corrected chi connectivity index (χ4v) is 3.74. The Kier molecular flexibility index (Phi) is 5.81. The van der Waals surface area contributed by atoms with Gasteiger partial charge in [0.05, 0.1) is 11.1 Å². The van der Waals surface area contributed by atoms with E-state index in [1.54, 1.807) is 11.8 Å². The molecule has 1 fully saturated rings. The second kappa shape index (κ2) is 7.93. The van der Waals surface area contributed by atoms with Crippen LogP contribution in [-0.4, -0.2) is 41.3 Å². The molecular weight excluding hydrogens is 399 g/mol. The highest BCUT2D eigenvalue weighted by Crippen LogP contribution is 2.34. The summed E-state index contributed by atoms with van der Waals surface area (Å²) < 4.78 is 38.8. The van der Waals surface area contributed by atoms with Crippen molar-refractivity contribution in [1.29, 1.82) is 5.41 Å². The van der Waals surface area contributed by atoms with Crippen molar-refractivity contribution in [2.75, 3.05) is 35.3 Å². The van der Waals surface area contributed by atoms with Crippen molar-refractivity contribution in [2.24, 2.45) is 5.92 Å². The van der Waals surface area contributed by atoms with Gasteiger partial charge >= 0.3 is 6.18 Å². The maximum atomic E-state index is 12.9. The first kappa shape index (κ1) is 19.8. The van der Waals surface area contributed by atoms with Gasteiger partial charge in [0.15, 0.2) is 0 Å². The Hall–Kier alpha value is -2.00. The number of benzene rings is 1. The Morgan fingerprint density at radius 1 is 1.37 bits per heavy atom. The van der Waals surface area contributed by atoms with Crippen LogP contribution < -0.4 is 10.2 Å². The number of hydrogen-bond acceptors (Lipinski definition) is 6. The first-order valence-electron chi connectivity index (χ1n) is 8.08. The number of thioether (sulfide) groups is 1. The zero-order chi connectivity index (χ0) is 19.6. The molecule has 144 valence electrons. The molecular formula is C17H17ClF3N5S. The molecule has 0 radical (unpaired) electrons. The van der Waals surface area contributed by atoms with Gasteiger partial charge in [-0.2, -0.15) is 34.9 Å². The van der Waals surface area contributed by atoms with E-state index >= 15 is 0 Å². The molecule has 2 N–H and O–H groups in total. The standard InChI is InChI=1S/C17H17ClF3N5S/c1-27-9-10-7-26(8-10)15-13(6-22)14(24-16(18)25-15)23-12-4-2-3-11(5-12)17(19,20)21/h2-6,10,22H,7-9H2,1H3,(H,23,24,25). The lowest BCUT2D eigenvalue weighted by Crippen LogP contribution is -2.48. The molecule has 0 unspecified atom stereocenters. The van der Waals surface area contributed by atoms with Crippen molar-refractivity contribution in [3.63, 3.8) is 0 Å². The predicted molar refractivity (Wildman–Crippen MR) is 104 cm³/mol. The zero-order valence-electron chi connectivity index (χ0n) is 14.3. The van der Waals surface area contributed by atoms with Crippen LogP contribution in [0.3, 0.4) is 0 Å². The fraction of sp³-hybridized carbons (Fsp3) is 0.353. The minimum atomic E-state index is -4.44. The molecule has 1 aromatic heterocycles. The average Bonchev–Trinajstić information content (AvgIpc) is 2.57. The van der Waals surface area contributed by atoms with Crippen molar-refractivity contribution < 1.29 is 13.2 Å². The van der Waals surface area contributed by atoms with Crippen molar-refractivity contribution in [2.45, 2.75) is 6.18 Å². The van der Waals surface area contributed by atoms with E-state index < -0.39 is 11.7 Å². The van der Waals surface area contributed by atoms with Crippen LogP contribution in [0.4, 0.5) is 30.5 Å². The third-order valence-electron chi connectivity index (χ3n) is 4.15. The van der Waals surface area contributed by atoms with E-state index in [2.05, 4.69) is 15.3 Å². The van der Waals surface area contributed by atoms with E-state index in [-0.39, 0.29) is 16.8 Å². The third-order valence-corrected chi connectivity index (χ3v) is 5.13. The summed E-state index contributed by atoms with van der Waals surface area (Å²) in [6.07, 6.45) is -1.31. The van der Waals surface area contributed by atoms with Crippen LogP contribution in [-0.2, 0) is 6.18 Å². The summed E-state index contributed by atoms with van der Waals surface area (Å²) in [4.78, 5) is 10.3. The van der Waals surface area contributed by atoms with Crippen molar-refractivity contribution >= 4 is 46.9 Å². The number of alkyl halides is 3. The maximum Gasteiger partial charge on any atom is 0.416 e. The van der Waals surface area contributed by atoms with Crippen molar-refractivity contribution in [3.05, 3.63) is 40.7 Å². The molecule has 0 bridgehead atoms. The van der Waals surface area contributed by atoms with Crippen LogP contribution in [0, 0.1) is 11.3 Å². The molecule has 10 heteroatoms. The van der Waals surface area contributed by atoms with Crippen LogP contribution in [0.2, 0.25) is 5.28 Å². The van der Waals surface area contributed by atoms with Crippen molar-refractivity contribution in [3.8, 4) is 0 Å². The van der Waals surface area contributed by atoms with Gasteiger partial charge in [0.25, 0.3) is 0 Å². The summed E-state index contributed by atoms with van der Waals surface area (Å²) in [7, 11) is 0. The molecule has 1 aliphatic heterocycles. The second-order valence-electron chi connectivity index (χ2n) is 6.15. The molecule has 2 aromatic rings. The van der Waals surface area contributed by atoms with Gasteiger partial charge in [0, 0.05) is 30.9 Å². The minimum absolute atomic E-state index is 0.0293. The third kappa shape index (κ3) is 4.47. The van der Waals surface area contributed by atoms with Crippen LogP contribution in [0.25, 0.3) is 0 Å². The Labute approximate surface area is 163 Å². The highest BCUT2D eigenvalue weighted by atomic mass is 35.5. The number of hydrogen-bond donors (Lipinski definition) is 2. The Morgan fingerprint density at radius 2 is 2.11 bits per heavy atom. The molecule has 0 aliphatic carbocycles. The number of nitrogens with zero attached hydrogens (tertiary/aromatic N) is 3. The quantitative estimate of drug-likeness (QED) is 0.529. The van der Waals surface area contributed by atoms with Gasteiger partial charge in [-0.3, -0.25) is 0 Å². The number of nitrogens with one attached hydrogen (secondary N) is 2. The summed E-state index contributed by atoms with van der Waals surface area (Å²) in [6.45, 7) is 1.58. The molecule has 1 aromatic carbocycles. The summed E-state index contributed by atoms with van der Waals surface area (Å²) in [5.41, 5.74) is -0.177.